The largest absolute Gasteiger partial charge is 0.486 e. The zero-order valence-corrected chi connectivity index (χ0v) is 11.0. The standard InChI is InChI=1S/C13H17ClO3/c1-7(2)11-9(8(3)15)6-10(14)12-13(11)17-5-4-16-12/h6-8,15H,4-5H2,1-3H3. The summed E-state index contributed by atoms with van der Waals surface area (Å²) in [6.07, 6.45) is -0.569. The highest BCUT2D eigenvalue weighted by Gasteiger charge is 2.25. The maximum absolute atomic E-state index is 9.82. The van der Waals surface area contributed by atoms with Gasteiger partial charge in [-0.05, 0) is 24.5 Å². The minimum absolute atomic E-state index is 0.243. The second-order valence-corrected chi connectivity index (χ2v) is 4.95. The normalized spacial score (nSPS) is 16.1. The Balaban J connectivity index is 2.66. The van der Waals surface area contributed by atoms with Crippen LogP contribution in [0.25, 0.3) is 0 Å². The molecule has 1 aliphatic heterocycles. The summed E-state index contributed by atoms with van der Waals surface area (Å²) in [5.41, 5.74) is 1.80. The summed E-state index contributed by atoms with van der Waals surface area (Å²) in [6, 6.07) is 1.77. The van der Waals surface area contributed by atoms with Crippen LogP contribution in [0.15, 0.2) is 6.07 Å². The molecule has 0 fully saturated rings. The minimum Gasteiger partial charge on any atom is -0.486 e. The van der Waals surface area contributed by atoms with Gasteiger partial charge in [0.05, 0.1) is 11.1 Å². The Kier molecular flexibility index (Phi) is 3.50. The lowest BCUT2D eigenvalue weighted by atomic mass is 9.92. The van der Waals surface area contributed by atoms with Crippen LogP contribution < -0.4 is 9.47 Å². The monoisotopic (exact) mass is 256 g/mol. The molecule has 1 aliphatic rings. The van der Waals surface area contributed by atoms with Crippen molar-refractivity contribution in [3.8, 4) is 11.5 Å². The number of fused-ring (bicyclic) bond motifs is 1. The Morgan fingerprint density at radius 3 is 2.29 bits per heavy atom. The van der Waals surface area contributed by atoms with Gasteiger partial charge in [-0.15, -0.1) is 0 Å². The van der Waals surface area contributed by atoms with Gasteiger partial charge in [-0.1, -0.05) is 25.4 Å². The summed E-state index contributed by atoms with van der Waals surface area (Å²) in [5, 5.41) is 10.3. The summed E-state index contributed by atoms with van der Waals surface area (Å²) < 4.78 is 11.2. The zero-order valence-electron chi connectivity index (χ0n) is 10.3. The molecule has 1 unspecified atom stereocenters. The van der Waals surface area contributed by atoms with Crippen LogP contribution in [0.2, 0.25) is 5.02 Å². The van der Waals surface area contributed by atoms with E-state index in [4.69, 9.17) is 21.1 Å². The molecule has 17 heavy (non-hydrogen) atoms. The number of hydrogen-bond donors (Lipinski definition) is 1. The fourth-order valence-electron chi connectivity index (χ4n) is 2.15. The van der Waals surface area contributed by atoms with Crippen LogP contribution in [0.5, 0.6) is 11.5 Å². The Morgan fingerprint density at radius 2 is 1.76 bits per heavy atom. The summed E-state index contributed by atoms with van der Waals surface area (Å²) in [4.78, 5) is 0. The van der Waals surface area contributed by atoms with Crippen LogP contribution in [0.3, 0.4) is 0 Å². The van der Waals surface area contributed by atoms with Gasteiger partial charge in [-0.2, -0.15) is 0 Å². The van der Waals surface area contributed by atoms with Gasteiger partial charge in [0, 0.05) is 5.56 Å². The van der Waals surface area contributed by atoms with Crippen LogP contribution in [0.1, 0.15) is 43.9 Å². The van der Waals surface area contributed by atoms with E-state index in [0.717, 1.165) is 11.1 Å². The number of benzene rings is 1. The van der Waals surface area contributed by atoms with Gasteiger partial charge in [0.25, 0.3) is 0 Å². The first-order chi connectivity index (χ1) is 8.02. The number of aliphatic hydroxyl groups is 1. The van der Waals surface area contributed by atoms with Crippen molar-refractivity contribution in [3.63, 3.8) is 0 Å². The van der Waals surface area contributed by atoms with E-state index in [0.29, 0.717) is 29.7 Å². The van der Waals surface area contributed by atoms with Crippen molar-refractivity contribution in [2.45, 2.75) is 32.8 Å². The molecule has 0 aliphatic carbocycles. The van der Waals surface area contributed by atoms with E-state index in [1.807, 2.05) is 0 Å². The predicted octanol–water partition coefficient (Wildman–Crippen LogP) is 3.29. The second-order valence-electron chi connectivity index (χ2n) is 4.55. The van der Waals surface area contributed by atoms with E-state index >= 15 is 0 Å². The first kappa shape index (κ1) is 12.5. The summed E-state index contributed by atoms with van der Waals surface area (Å²) in [6.45, 7) is 6.89. The van der Waals surface area contributed by atoms with Gasteiger partial charge in [-0.25, -0.2) is 0 Å². The Hall–Kier alpha value is -0.930. The van der Waals surface area contributed by atoms with E-state index in [9.17, 15) is 5.11 Å². The fraction of sp³-hybridized carbons (Fsp3) is 0.538. The molecule has 0 radical (unpaired) electrons. The molecule has 1 atom stereocenters. The summed E-state index contributed by atoms with van der Waals surface area (Å²) in [5.74, 6) is 1.54. The van der Waals surface area contributed by atoms with Gasteiger partial charge in [-0.3, -0.25) is 0 Å². The quantitative estimate of drug-likeness (QED) is 0.883. The van der Waals surface area contributed by atoms with Crippen molar-refractivity contribution in [1.82, 2.24) is 0 Å². The third-order valence-electron chi connectivity index (χ3n) is 2.86. The molecule has 0 saturated heterocycles. The van der Waals surface area contributed by atoms with Gasteiger partial charge < -0.3 is 14.6 Å². The molecular weight excluding hydrogens is 240 g/mol. The number of halogens is 1. The molecule has 0 saturated carbocycles. The molecule has 0 spiro atoms. The molecule has 0 aromatic heterocycles. The molecule has 1 heterocycles. The summed E-state index contributed by atoms with van der Waals surface area (Å²) in [7, 11) is 0. The zero-order chi connectivity index (χ0) is 12.6. The minimum atomic E-state index is -0.569. The van der Waals surface area contributed by atoms with E-state index in [1.165, 1.54) is 0 Å². The lowest BCUT2D eigenvalue weighted by molar-refractivity contribution is 0.165. The van der Waals surface area contributed by atoms with E-state index in [1.54, 1.807) is 13.0 Å². The first-order valence-electron chi connectivity index (χ1n) is 5.82. The van der Waals surface area contributed by atoms with Crippen molar-refractivity contribution in [2.24, 2.45) is 0 Å². The third kappa shape index (κ3) is 2.22. The van der Waals surface area contributed by atoms with Gasteiger partial charge in [0.1, 0.15) is 13.2 Å². The lowest BCUT2D eigenvalue weighted by Gasteiger charge is -2.26. The van der Waals surface area contributed by atoms with E-state index < -0.39 is 6.10 Å². The first-order valence-corrected chi connectivity index (χ1v) is 6.20. The van der Waals surface area contributed by atoms with Crippen LogP contribution in [0.4, 0.5) is 0 Å². The second kappa shape index (κ2) is 4.75. The van der Waals surface area contributed by atoms with Crippen LogP contribution in [-0.2, 0) is 0 Å². The highest BCUT2D eigenvalue weighted by Crippen LogP contribution is 2.46. The number of aliphatic hydroxyl groups excluding tert-OH is 1. The Labute approximate surface area is 106 Å². The highest BCUT2D eigenvalue weighted by molar-refractivity contribution is 6.32. The summed E-state index contributed by atoms with van der Waals surface area (Å²) >= 11 is 6.15. The molecule has 0 amide bonds. The molecule has 0 bridgehead atoms. The van der Waals surface area contributed by atoms with Crippen LogP contribution in [0, 0.1) is 0 Å². The maximum Gasteiger partial charge on any atom is 0.180 e. The average molecular weight is 257 g/mol. The molecule has 94 valence electrons. The molecule has 1 aromatic carbocycles. The van der Waals surface area contributed by atoms with Crippen molar-refractivity contribution >= 4 is 11.6 Å². The van der Waals surface area contributed by atoms with Crippen LogP contribution >= 0.6 is 11.6 Å². The van der Waals surface area contributed by atoms with Gasteiger partial charge in [0.2, 0.25) is 0 Å². The smallest absolute Gasteiger partial charge is 0.180 e. The molecule has 4 heteroatoms. The van der Waals surface area contributed by atoms with E-state index in [-0.39, 0.29) is 5.92 Å². The molecule has 2 rings (SSSR count). The van der Waals surface area contributed by atoms with Crippen molar-refractivity contribution in [2.75, 3.05) is 13.2 Å². The van der Waals surface area contributed by atoms with E-state index in [2.05, 4.69) is 13.8 Å². The molecule has 1 aromatic rings. The fourth-order valence-corrected chi connectivity index (χ4v) is 2.41. The number of rotatable bonds is 2. The number of ether oxygens (including phenoxy) is 2. The highest BCUT2D eigenvalue weighted by atomic mass is 35.5. The van der Waals surface area contributed by atoms with Crippen molar-refractivity contribution < 1.29 is 14.6 Å². The predicted molar refractivity (Wildman–Crippen MR) is 67.2 cm³/mol. The van der Waals surface area contributed by atoms with Crippen LogP contribution in [-0.4, -0.2) is 18.3 Å². The molecular formula is C13H17ClO3. The lowest BCUT2D eigenvalue weighted by Crippen LogP contribution is -2.18. The number of hydrogen-bond acceptors (Lipinski definition) is 3. The van der Waals surface area contributed by atoms with Gasteiger partial charge in [0.15, 0.2) is 11.5 Å². The third-order valence-corrected chi connectivity index (χ3v) is 3.15. The van der Waals surface area contributed by atoms with Crippen molar-refractivity contribution in [1.29, 1.82) is 0 Å². The van der Waals surface area contributed by atoms with Crippen molar-refractivity contribution in [3.05, 3.63) is 22.2 Å². The topological polar surface area (TPSA) is 38.7 Å². The van der Waals surface area contributed by atoms with Gasteiger partial charge >= 0.3 is 0 Å². The Bertz CT molecular complexity index is 427. The SMILES string of the molecule is CC(C)c1c(C(C)O)cc(Cl)c2c1OCCO2. The molecule has 1 N–H and O–H groups in total. The Morgan fingerprint density at radius 1 is 1.18 bits per heavy atom. The molecule has 3 nitrogen and oxygen atoms in total. The maximum atomic E-state index is 9.82. The average Bonchev–Trinajstić information content (AvgIpc) is 2.28.